The molecule has 3 heteroatoms. The van der Waals surface area contributed by atoms with Crippen LogP contribution in [0.5, 0.6) is 0 Å². The molecule has 19 heavy (non-hydrogen) atoms. The van der Waals surface area contributed by atoms with E-state index in [0.717, 1.165) is 22.3 Å². The predicted octanol–water partition coefficient (Wildman–Crippen LogP) is 2.43. The number of aryl methyl sites for hydroxylation is 1. The molecular formula is C16H20O3. The second kappa shape index (κ2) is 5.27. The zero-order chi connectivity index (χ0) is 14.2. The quantitative estimate of drug-likeness (QED) is 0.849. The van der Waals surface area contributed by atoms with E-state index in [4.69, 9.17) is 4.74 Å². The van der Waals surface area contributed by atoms with Crippen molar-refractivity contribution in [3.8, 4) is 0 Å². The molecule has 0 saturated heterocycles. The first kappa shape index (κ1) is 14.0. The van der Waals surface area contributed by atoms with Gasteiger partial charge in [-0.05, 0) is 37.0 Å². The van der Waals surface area contributed by atoms with Gasteiger partial charge in [0, 0.05) is 18.6 Å². The van der Waals surface area contributed by atoms with Gasteiger partial charge in [-0.1, -0.05) is 24.3 Å². The molecule has 1 aromatic rings. The third-order valence-corrected chi connectivity index (χ3v) is 3.89. The fourth-order valence-electron chi connectivity index (χ4n) is 2.75. The SMILES string of the molecule is C=C(C)[C@H]1Cc2c(C)ccc(COC)c2C(=O)[C@@H]1O. The van der Waals surface area contributed by atoms with E-state index in [1.54, 1.807) is 7.11 Å². The van der Waals surface area contributed by atoms with E-state index in [1.165, 1.54) is 0 Å². The molecule has 102 valence electrons. The Morgan fingerprint density at radius 2 is 2.21 bits per heavy atom. The Balaban J connectivity index is 2.57. The average Bonchev–Trinajstić information content (AvgIpc) is 2.36. The molecule has 0 fully saturated rings. The highest BCUT2D eigenvalue weighted by Crippen LogP contribution is 2.33. The van der Waals surface area contributed by atoms with E-state index < -0.39 is 6.10 Å². The first-order valence-corrected chi connectivity index (χ1v) is 6.45. The zero-order valence-corrected chi connectivity index (χ0v) is 11.7. The fraction of sp³-hybridized carbons (Fsp3) is 0.438. The molecule has 0 aromatic heterocycles. The number of carbonyl (C=O) groups excluding carboxylic acids is 1. The van der Waals surface area contributed by atoms with Crippen LogP contribution in [0.2, 0.25) is 0 Å². The van der Waals surface area contributed by atoms with E-state index in [2.05, 4.69) is 6.58 Å². The van der Waals surface area contributed by atoms with Gasteiger partial charge in [-0.25, -0.2) is 0 Å². The lowest BCUT2D eigenvalue weighted by Crippen LogP contribution is -2.38. The summed E-state index contributed by atoms with van der Waals surface area (Å²) in [5.41, 5.74) is 4.46. The van der Waals surface area contributed by atoms with Crippen LogP contribution < -0.4 is 0 Å². The molecule has 0 radical (unpaired) electrons. The highest BCUT2D eigenvalue weighted by Gasteiger charge is 2.36. The van der Waals surface area contributed by atoms with Crippen LogP contribution in [0.4, 0.5) is 0 Å². The Labute approximate surface area is 113 Å². The van der Waals surface area contributed by atoms with Gasteiger partial charge in [0.05, 0.1) is 6.61 Å². The van der Waals surface area contributed by atoms with Crippen molar-refractivity contribution in [1.82, 2.24) is 0 Å². The normalized spacial score (nSPS) is 22.2. The Morgan fingerprint density at radius 3 is 2.79 bits per heavy atom. The van der Waals surface area contributed by atoms with Crippen molar-refractivity contribution in [3.05, 3.63) is 46.5 Å². The summed E-state index contributed by atoms with van der Waals surface area (Å²) in [6, 6.07) is 3.91. The van der Waals surface area contributed by atoms with Crippen LogP contribution in [0, 0.1) is 12.8 Å². The number of rotatable bonds is 3. The van der Waals surface area contributed by atoms with Crippen molar-refractivity contribution in [2.24, 2.45) is 5.92 Å². The second-order valence-corrected chi connectivity index (χ2v) is 5.29. The standard InChI is InChI=1S/C16H20O3/c1-9(2)12-7-13-10(3)5-6-11(8-19-4)14(13)16(18)15(12)17/h5-6,12,15,17H,1,7-8H2,2-4H3/t12-,15-/m1/s1. The van der Waals surface area contributed by atoms with Gasteiger partial charge in [0.15, 0.2) is 5.78 Å². The molecule has 0 spiro atoms. The third-order valence-electron chi connectivity index (χ3n) is 3.89. The Bertz CT molecular complexity index is 531. The van der Waals surface area contributed by atoms with E-state index in [1.807, 2.05) is 26.0 Å². The van der Waals surface area contributed by atoms with Crippen LogP contribution in [-0.2, 0) is 17.8 Å². The minimum atomic E-state index is -0.984. The van der Waals surface area contributed by atoms with Crippen molar-refractivity contribution >= 4 is 5.78 Å². The number of ketones is 1. The second-order valence-electron chi connectivity index (χ2n) is 5.29. The zero-order valence-electron chi connectivity index (χ0n) is 11.7. The number of hydrogen-bond acceptors (Lipinski definition) is 3. The first-order chi connectivity index (χ1) is 8.97. The number of hydrogen-bond donors (Lipinski definition) is 1. The van der Waals surface area contributed by atoms with Gasteiger partial charge in [-0.2, -0.15) is 0 Å². The number of carbonyl (C=O) groups is 1. The van der Waals surface area contributed by atoms with Crippen molar-refractivity contribution in [1.29, 1.82) is 0 Å². The number of benzene rings is 1. The van der Waals surface area contributed by atoms with Gasteiger partial charge in [0.1, 0.15) is 6.10 Å². The molecule has 3 nitrogen and oxygen atoms in total. The van der Waals surface area contributed by atoms with Gasteiger partial charge in [-0.3, -0.25) is 4.79 Å². The Morgan fingerprint density at radius 1 is 1.53 bits per heavy atom. The van der Waals surface area contributed by atoms with E-state index >= 15 is 0 Å². The van der Waals surface area contributed by atoms with Crippen LogP contribution in [0.1, 0.15) is 34.0 Å². The molecule has 1 aromatic carbocycles. The third kappa shape index (κ3) is 2.36. The van der Waals surface area contributed by atoms with Crippen molar-refractivity contribution in [2.45, 2.75) is 33.0 Å². The van der Waals surface area contributed by atoms with Crippen LogP contribution in [0.15, 0.2) is 24.3 Å². The molecule has 2 rings (SSSR count). The number of Topliss-reactive ketones (excluding diaryl/α,β-unsaturated/α-hetero) is 1. The first-order valence-electron chi connectivity index (χ1n) is 6.45. The largest absolute Gasteiger partial charge is 0.384 e. The van der Waals surface area contributed by atoms with Crippen molar-refractivity contribution in [3.63, 3.8) is 0 Å². The Hall–Kier alpha value is -1.45. The summed E-state index contributed by atoms with van der Waals surface area (Å²) in [4.78, 5) is 12.4. The molecule has 0 bridgehead atoms. The van der Waals surface area contributed by atoms with Gasteiger partial charge in [-0.15, -0.1) is 0 Å². The van der Waals surface area contributed by atoms with Crippen molar-refractivity contribution in [2.75, 3.05) is 7.11 Å². The van der Waals surface area contributed by atoms with Crippen LogP contribution >= 0.6 is 0 Å². The molecule has 0 heterocycles. The van der Waals surface area contributed by atoms with Crippen molar-refractivity contribution < 1.29 is 14.6 Å². The summed E-state index contributed by atoms with van der Waals surface area (Å²) in [5.74, 6) is -0.388. The summed E-state index contributed by atoms with van der Waals surface area (Å²) in [6.07, 6.45) is -0.316. The highest BCUT2D eigenvalue weighted by atomic mass is 16.5. The van der Waals surface area contributed by atoms with E-state index in [9.17, 15) is 9.90 Å². The fourth-order valence-corrected chi connectivity index (χ4v) is 2.75. The Kier molecular flexibility index (Phi) is 3.88. The molecule has 1 N–H and O–H groups in total. The maximum Gasteiger partial charge on any atom is 0.192 e. The summed E-state index contributed by atoms with van der Waals surface area (Å²) >= 11 is 0. The maximum atomic E-state index is 12.4. The number of ether oxygens (including phenoxy) is 1. The lowest BCUT2D eigenvalue weighted by molar-refractivity contribution is 0.0613. The maximum absolute atomic E-state index is 12.4. The smallest absolute Gasteiger partial charge is 0.192 e. The molecule has 0 saturated carbocycles. The summed E-state index contributed by atoms with van der Waals surface area (Å²) in [6.45, 7) is 8.13. The van der Waals surface area contributed by atoms with Gasteiger partial charge in [0.25, 0.3) is 0 Å². The summed E-state index contributed by atoms with van der Waals surface area (Å²) in [7, 11) is 1.60. The van der Waals surface area contributed by atoms with Crippen LogP contribution in [0.25, 0.3) is 0 Å². The molecule has 1 aliphatic carbocycles. The molecular weight excluding hydrogens is 240 g/mol. The van der Waals surface area contributed by atoms with Gasteiger partial charge < -0.3 is 9.84 Å². The number of fused-ring (bicyclic) bond motifs is 1. The number of aliphatic hydroxyl groups excluding tert-OH is 1. The molecule has 0 unspecified atom stereocenters. The predicted molar refractivity (Wildman–Crippen MR) is 74.2 cm³/mol. The lowest BCUT2D eigenvalue weighted by Gasteiger charge is -2.31. The van der Waals surface area contributed by atoms with Crippen LogP contribution in [-0.4, -0.2) is 24.1 Å². The minimum Gasteiger partial charge on any atom is -0.384 e. The van der Waals surface area contributed by atoms with E-state index in [0.29, 0.717) is 18.6 Å². The summed E-state index contributed by atoms with van der Waals surface area (Å²) < 4.78 is 5.14. The lowest BCUT2D eigenvalue weighted by atomic mass is 9.75. The average molecular weight is 260 g/mol. The van der Waals surface area contributed by atoms with Crippen LogP contribution in [0.3, 0.4) is 0 Å². The highest BCUT2D eigenvalue weighted by molar-refractivity contribution is 6.03. The van der Waals surface area contributed by atoms with E-state index in [-0.39, 0.29) is 11.7 Å². The monoisotopic (exact) mass is 260 g/mol. The number of methoxy groups -OCH3 is 1. The summed E-state index contributed by atoms with van der Waals surface area (Å²) in [5, 5.41) is 10.2. The number of aliphatic hydroxyl groups is 1. The molecule has 1 aliphatic rings. The molecule has 0 amide bonds. The molecule has 0 aliphatic heterocycles. The topological polar surface area (TPSA) is 46.5 Å². The minimum absolute atomic E-state index is 0.184. The molecule has 2 atom stereocenters. The van der Waals surface area contributed by atoms with Gasteiger partial charge >= 0.3 is 0 Å². The van der Waals surface area contributed by atoms with Gasteiger partial charge in [0.2, 0.25) is 0 Å².